The number of imide groups is 2. The van der Waals surface area contributed by atoms with E-state index in [-0.39, 0.29) is 0 Å². The summed E-state index contributed by atoms with van der Waals surface area (Å²) in [6, 6.07) is 3.54. The third kappa shape index (κ3) is 3.42. The molecule has 0 spiro atoms. The maximum atomic E-state index is 12.0. The minimum atomic E-state index is -1.41. The zero-order valence-corrected chi connectivity index (χ0v) is 12.9. The maximum Gasteiger partial charge on any atom is 0.328 e. The SMILES string of the molecule is COc1ccc(C(C[N+](=O)[O-])C2C(=O)NC(=O)NC2=O)cc1OC. The van der Waals surface area contributed by atoms with Crippen molar-refractivity contribution in [3.05, 3.63) is 33.9 Å². The Balaban J connectivity index is 2.45. The molecular weight excluding hydrogens is 322 g/mol. The first kappa shape index (κ1) is 17.2. The largest absolute Gasteiger partial charge is 0.493 e. The summed E-state index contributed by atoms with van der Waals surface area (Å²) in [5, 5.41) is 14.9. The van der Waals surface area contributed by atoms with Crippen LogP contribution in [0.15, 0.2) is 18.2 Å². The van der Waals surface area contributed by atoms with E-state index in [1.54, 1.807) is 0 Å². The lowest BCUT2D eigenvalue weighted by atomic mass is 9.83. The molecule has 1 aliphatic rings. The number of rotatable bonds is 6. The Morgan fingerprint density at radius 3 is 2.21 bits per heavy atom. The molecule has 24 heavy (non-hydrogen) atoms. The highest BCUT2D eigenvalue weighted by Gasteiger charge is 2.43. The molecule has 1 unspecified atom stereocenters. The Morgan fingerprint density at radius 2 is 1.71 bits per heavy atom. The number of nitro groups is 1. The van der Waals surface area contributed by atoms with Gasteiger partial charge in [-0.25, -0.2) is 4.79 Å². The van der Waals surface area contributed by atoms with Crippen LogP contribution in [0.4, 0.5) is 4.79 Å². The number of hydrogen-bond donors (Lipinski definition) is 2. The monoisotopic (exact) mass is 337 g/mol. The molecule has 128 valence electrons. The number of methoxy groups -OCH3 is 2. The smallest absolute Gasteiger partial charge is 0.328 e. The summed E-state index contributed by atoms with van der Waals surface area (Å²) in [5.74, 6) is -3.56. The van der Waals surface area contributed by atoms with Crippen molar-refractivity contribution in [2.45, 2.75) is 5.92 Å². The lowest BCUT2D eigenvalue weighted by Gasteiger charge is -2.26. The van der Waals surface area contributed by atoms with Gasteiger partial charge in [-0.05, 0) is 17.7 Å². The van der Waals surface area contributed by atoms with E-state index in [9.17, 15) is 24.5 Å². The highest BCUT2D eigenvalue weighted by atomic mass is 16.6. The van der Waals surface area contributed by atoms with Crippen molar-refractivity contribution in [1.82, 2.24) is 10.6 Å². The number of ether oxygens (including phenoxy) is 2. The third-order valence-electron chi connectivity index (χ3n) is 3.62. The Kier molecular flexibility index (Phi) is 4.97. The number of carbonyl (C=O) groups excluding carboxylic acids is 3. The second kappa shape index (κ2) is 6.94. The van der Waals surface area contributed by atoms with Crippen molar-refractivity contribution >= 4 is 17.8 Å². The minimum absolute atomic E-state index is 0.302. The molecule has 0 radical (unpaired) electrons. The average molecular weight is 337 g/mol. The molecule has 2 rings (SSSR count). The van der Waals surface area contributed by atoms with E-state index in [0.717, 1.165) is 0 Å². The molecule has 10 nitrogen and oxygen atoms in total. The van der Waals surface area contributed by atoms with Crippen LogP contribution in [0.3, 0.4) is 0 Å². The minimum Gasteiger partial charge on any atom is -0.493 e. The van der Waals surface area contributed by atoms with Crippen LogP contribution in [-0.2, 0) is 9.59 Å². The van der Waals surface area contributed by atoms with E-state index in [1.165, 1.54) is 32.4 Å². The van der Waals surface area contributed by atoms with Crippen LogP contribution in [0.5, 0.6) is 11.5 Å². The van der Waals surface area contributed by atoms with E-state index in [1.807, 2.05) is 10.6 Å². The fourth-order valence-corrected chi connectivity index (χ4v) is 2.54. The topological polar surface area (TPSA) is 137 Å². The third-order valence-corrected chi connectivity index (χ3v) is 3.62. The van der Waals surface area contributed by atoms with Crippen molar-refractivity contribution in [2.24, 2.45) is 5.92 Å². The normalized spacial score (nSPS) is 16.2. The summed E-state index contributed by atoms with van der Waals surface area (Å²) >= 11 is 0. The molecule has 1 aromatic rings. The van der Waals surface area contributed by atoms with Gasteiger partial charge in [0.15, 0.2) is 11.5 Å². The molecule has 1 aromatic carbocycles. The van der Waals surface area contributed by atoms with Gasteiger partial charge in [-0.1, -0.05) is 6.07 Å². The number of barbiturate groups is 1. The van der Waals surface area contributed by atoms with E-state index in [2.05, 4.69) is 0 Å². The van der Waals surface area contributed by atoms with Gasteiger partial charge in [0.1, 0.15) is 5.92 Å². The average Bonchev–Trinajstić information content (AvgIpc) is 2.52. The predicted octanol–water partition coefficient (Wildman–Crippen LogP) is 0.0463. The van der Waals surface area contributed by atoms with Gasteiger partial charge < -0.3 is 9.47 Å². The molecule has 4 amide bonds. The van der Waals surface area contributed by atoms with Crippen molar-refractivity contribution < 1.29 is 28.8 Å². The summed E-state index contributed by atoms with van der Waals surface area (Å²) in [6.07, 6.45) is 0. The zero-order chi connectivity index (χ0) is 17.9. The molecule has 0 saturated carbocycles. The van der Waals surface area contributed by atoms with E-state index in [0.29, 0.717) is 17.1 Å². The van der Waals surface area contributed by atoms with Crippen LogP contribution in [0.1, 0.15) is 11.5 Å². The molecule has 1 heterocycles. The summed E-state index contributed by atoms with van der Waals surface area (Å²) in [5.41, 5.74) is 0.342. The molecule has 2 N–H and O–H groups in total. The molecule has 0 aliphatic carbocycles. The fourth-order valence-electron chi connectivity index (χ4n) is 2.54. The zero-order valence-electron chi connectivity index (χ0n) is 12.9. The van der Waals surface area contributed by atoms with Crippen molar-refractivity contribution in [3.8, 4) is 11.5 Å². The Hall–Kier alpha value is -3.17. The van der Waals surface area contributed by atoms with Crippen molar-refractivity contribution in [2.75, 3.05) is 20.8 Å². The van der Waals surface area contributed by atoms with E-state index < -0.39 is 41.1 Å². The molecule has 1 fully saturated rings. The highest BCUT2D eigenvalue weighted by Crippen LogP contribution is 2.34. The quantitative estimate of drug-likeness (QED) is 0.425. The van der Waals surface area contributed by atoms with E-state index in [4.69, 9.17) is 9.47 Å². The van der Waals surface area contributed by atoms with Gasteiger partial charge >= 0.3 is 6.03 Å². The van der Waals surface area contributed by atoms with Crippen molar-refractivity contribution in [3.63, 3.8) is 0 Å². The van der Waals surface area contributed by atoms with Gasteiger partial charge in [0.25, 0.3) is 0 Å². The predicted molar refractivity (Wildman–Crippen MR) is 79.3 cm³/mol. The van der Waals surface area contributed by atoms with Crippen LogP contribution in [0, 0.1) is 16.0 Å². The van der Waals surface area contributed by atoms with Crippen LogP contribution in [0.2, 0.25) is 0 Å². The Morgan fingerprint density at radius 1 is 1.12 bits per heavy atom. The molecule has 1 atom stereocenters. The number of hydrogen-bond acceptors (Lipinski definition) is 7. The van der Waals surface area contributed by atoms with E-state index >= 15 is 0 Å². The lowest BCUT2D eigenvalue weighted by Crippen LogP contribution is -2.57. The first-order valence-corrected chi connectivity index (χ1v) is 6.86. The second-order valence-electron chi connectivity index (χ2n) is 5.02. The highest BCUT2D eigenvalue weighted by molar-refractivity contribution is 6.16. The first-order chi connectivity index (χ1) is 11.4. The van der Waals surface area contributed by atoms with Gasteiger partial charge in [0.2, 0.25) is 18.4 Å². The fraction of sp³-hybridized carbons (Fsp3) is 0.357. The number of amides is 4. The molecular formula is C14H15N3O7. The second-order valence-corrected chi connectivity index (χ2v) is 5.02. The van der Waals surface area contributed by atoms with Gasteiger partial charge in [0, 0.05) is 4.92 Å². The van der Waals surface area contributed by atoms with Gasteiger partial charge in [0.05, 0.1) is 20.1 Å². The van der Waals surface area contributed by atoms with Crippen LogP contribution >= 0.6 is 0 Å². The van der Waals surface area contributed by atoms with Gasteiger partial charge in [-0.2, -0.15) is 0 Å². The summed E-state index contributed by atoms with van der Waals surface area (Å²) in [4.78, 5) is 45.6. The number of benzene rings is 1. The van der Waals surface area contributed by atoms with Crippen LogP contribution < -0.4 is 20.1 Å². The number of urea groups is 1. The first-order valence-electron chi connectivity index (χ1n) is 6.86. The molecule has 10 heteroatoms. The number of carbonyl (C=O) groups is 3. The van der Waals surface area contributed by atoms with Crippen LogP contribution in [-0.4, -0.2) is 43.5 Å². The van der Waals surface area contributed by atoms with Gasteiger partial charge in [-0.3, -0.25) is 30.3 Å². The molecule has 0 aromatic heterocycles. The maximum absolute atomic E-state index is 12.0. The number of nitrogens with zero attached hydrogens (tertiary/aromatic N) is 1. The summed E-state index contributed by atoms with van der Waals surface area (Å²) < 4.78 is 10.2. The standard InChI is InChI=1S/C14H15N3O7/c1-23-9-4-3-7(5-10(9)24-2)8(6-17(21)22)11-12(18)15-14(20)16-13(11)19/h3-5,8,11H,6H2,1-2H3,(H2,15,16,18,19,20). The molecule has 1 aliphatic heterocycles. The molecule has 1 saturated heterocycles. The van der Waals surface area contributed by atoms with Crippen molar-refractivity contribution in [1.29, 1.82) is 0 Å². The number of nitrogens with one attached hydrogen (secondary N) is 2. The van der Waals surface area contributed by atoms with Gasteiger partial charge in [-0.15, -0.1) is 0 Å². The Labute approximate surface area is 136 Å². The summed E-state index contributed by atoms with van der Waals surface area (Å²) in [7, 11) is 2.82. The lowest BCUT2D eigenvalue weighted by molar-refractivity contribution is -0.484. The van der Waals surface area contributed by atoms with Crippen LogP contribution in [0.25, 0.3) is 0 Å². The molecule has 0 bridgehead atoms. The Bertz CT molecular complexity index is 684. The summed E-state index contributed by atoms with van der Waals surface area (Å²) in [6.45, 7) is -0.671.